The summed E-state index contributed by atoms with van der Waals surface area (Å²) in [6, 6.07) is 15.5. The SMILES string of the molecule is Cc1ccc(-c2nc(SCC(=O)NC[C@H]3COc4ccccc4O3)n[nH]2)cc1. The molecule has 0 spiro atoms. The van der Waals surface area contributed by atoms with Crippen LogP contribution < -0.4 is 14.8 Å². The minimum Gasteiger partial charge on any atom is -0.486 e. The molecule has 1 aliphatic heterocycles. The number of nitrogens with one attached hydrogen (secondary N) is 2. The van der Waals surface area contributed by atoms with Crippen LogP contribution in [0.3, 0.4) is 0 Å². The van der Waals surface area contributed by atoms with Crippen LogP contribution in [0.1, 0.15) is 5.56 Å². The molecular weight excluding hydrogens is 376 g/mol. The van der Waals surface area contributed by atoms with E-state index < -0.39 is 0 Å². The molecule has 2 N–H and O–H groups in total. The molecule has 0 unspecified atom stereocenters. The van der Waals surface area contributed by atoms with Crippen molar-refractivity contribution in [3.8, 4) is 22.9 Å². The molecule has 28 heavy (non-hydrogen) atoms. The molecule has 8 heteroatoms. The number of nitrogens with zero attached hydrogens (tertiary/aromatic N) is 2. The first-order chi connectivity index (χ1) is 13.7. The number of amides is 1. The average Bonchev–Trinajstić information content (AvgIpc) is 3.20. The number of aryl methyl sites for hydroxylation is 1. The van der Waals surface area contributed by atoms with Gasteiger partial charge in [0.25, 0.3) is 0 Å². The molecule has 1 aliphatic rings. The molecule has 0 radical (unpaired) electrons. The maximum atomic E-state index is 12.1. The highest BCUT2D eigenvalue weighted by atomic mass is 32.2. The number of para-hydroxylation sites is 2. The lowest BCUT2D eigenvalue weighted by molar-refractivity contribution is -0.119. The third-order valence-electron chi connectivity index (χ3n) is 4.22. The van der Waals surface area contributed by atoms with Crippen LogP contribution in [0.4, 0.5) is 0 Å². The first-order valence-corrected chi connectivity index (χ1v) is 9.93. The minimum absolute atomic E-state index is 0.103. The van der Waals surface area contributed by atoms with Crippen LogP contribution in [-0.4, -0.2) is 46.1 Å². The van der Waals surface area contributed by atoms with E-state index in [9.17, 15) is 4.79 Å². The molecule has 0 saturated heterocycles. The molecule has 0 aliphatic carbocycles. The number of aromatic amines is 1. The van der Waals surface area contributed by atoms with Crippen molar-refractivity contribution in [2.75, 3.05) is 18.9 Å². The fourth-order valence-electron chi connectivity index (χ4n) is 2.72. The molecule has 1 amide bonds. The first-order valence-electron chi connectivity index (χ1n) is 8.95. The number of benzene rings is 2. The molecular formula is C20H20N4O3S. The zero-order valence-electron chi connectivity index (χ0n) is 15.3. The topological polar surface area (TPSA) is 89.1 Å². The molecule has 2 heterocycles. The number of hydrogen-bond acceptors (Lipinski definition) is 6. The molecule has 144 valence electrons. The van der Waals surface area contributed by atoms with Crippen molar-refractivity contribution >= 4 is 17.7 Å². The van der Waals surface area contributed by atoms with E-state index in [1.165, 1.54) is 17.3 Å². The van der Waals surface area contributed by atoms with E-state index in [1.54, 1.807) is 0 Å². The average molecular weight is 396 g/mol. The standard InChI is InChI=1S/C20H20N4O3S/c1-13-6-8-14(9-7-13)19-22-20(24-23-19)28-12-18(25)21-10-15-11-26-16-4-2-3-5-17(16)27-15/h2-9,15H,10-12H2,1H3,(H,21,25)(H,22,23,24)/t15-/m0/s1. The van der Waals surface area contributed by atoms with Crippen LogP contribution in [0.15, 0.2) is 53.7 Å². The Bertz CT molecular complexity index is 958. The van der Waals surface area contributed by atoms with Gasteiger partial charge in [0.15, 0.2) is 17.3 Å². The summed E-state index contributed by atoms with van der Waals surface area (Å²) >= 11 is 1.28. The van der Waals surface area contributed by atoms with Gasteiger partial charge in [-0.05, 0) is 19.1 Å². The second kappa shape index (κ2) is 8.35. The van der Waals surface area contributed by atoms with Crippen molar-refractivity contribution in [2.45, 2.75) is 18.2 Å². The van der Waals surface area contributed by atoms with Crippen LogP contribution in [0.2, 0.25) is 0 Å². The third-order valence-corrected chi connectivity index (χ3v) is 5.06. The molecule has 0 saturated carbocycles. The number of carbonyl (C=O) groups excluding carboxylic acids is 1. The first kappa shape index (κ1) is 18.4. The van der Waals surface area contributed by atoms with E-state index in [0.717, 1.165) is 11.3 Å². The van der Waals surface area contributed by atoms with Gasteiger partial charge in [-0.2, -0.15) is 0 Å². The minimum atomic E-state index is -0.208. The predicted octanol–water partition coefficient (Wildman–Crippen LogP) is 2.83. The Kier molecular flexibility index (Phi) is 5.48. The lowest BCUT2D eigenvalue weighted by atomic mass is 10.1. The summed E-state index contributed by atoms with van der Waals surface area (Å²) in [5.74, 6) is 2.25. The van der Waals surface area contributed by atoms with Gasteiger partial charge in [0.2, 0.25) is 11.1 Å². The quantitative estimate of drug-likeness (QED) is 0.623. The zero-order valence-corrected chi connectivity index (χ0v) is 16.2. The van der Waals surface area contributed by atoms with E-state index in [4.69, 9.17) is 9.47 Å². The van der Waals surface area contributed by atoms with E-state index >= 15 is 0 Å². The van der Waals surface area contributed by atoms with Crippen LogP contribution in [-0.2, 0) is 4.79 Å². The van der Waals surface area contributed by atoms with Crippen LogP contribution in [0.25, 0.3) is 11.4 Å². The Labute approximate surface area is 166 Å². The van der Waals surface area contributed by atoms with Gasteiger partial charge in [0, 0.05) is 5.56 Å². The summed E-state index contributed by atoms with van der Waals surface area (Å²) in [6.45, 7) is 2.83. The highest BCUT2D eigenvalue weighted by molar-refractivity contribution is 7.99. The summed E-state index contributed by atoms with van der Waals surface area (Å²) in [5, 5.41) is 10.5. The molecule has 0 fully saturated rings. The highest BCUT2D eigenvalue weighted by Gasteiger charge is 2.21. The zero-order chi connectivity index (χ0) is 19.3. The second-order valence-electron chi connectivity index (χ2n) is 6.42. The van der Waals surface area contributed by atoms with Crippen molar-refractivity contribution in [1.82, 2.24) is 20.5 Å². The molecule has 3 aromatic rings. The molecule has 1 atom stereocenters. The smallest absolute Gasteiger partial charge is 0.230 e. The van der Waals surface area contributed by atoms with E-state index in [-0.39, 0.29) is 17.8 Å². The predicted molar refractivity (Wildman–Crippen MR) is 107 cm³/mol. The monoisotopic (exact) mass is 396 g/mol. The Morgan fingerprint density at radius 2 is 2.00 bits per heavy atom. The fraction of sp³-hybridized carbons (Fsp3) is 0.250. The number of aromatic nitrogens is 3. The summed E-state index contributed by atoms with van der Waals surface area (Å²) in [7, 11) is 0. The molecule has 4 rings (SSSR count). The molecule has 0 bridgehead atoms. The van der Waals surface area contributed by atoms with Crippen molar-refractivity contribution in [1.29, 1.82) is 0 Å². The second-order valence-corrected chi connectivity index (χ2v) is 7.37. The van der Waals surface area contributed by atoms with Gasteiger partial charge in [-0.3, -0.25) is 9.89 Å². The van der Waals surface area contributed by atoms with E-state index in [2.05, 4.69) is 20.5 Å². The number of hydrogen-bond donors (Lipinski definition) is 2. The van der Waals surface area contributed by atoms with Gasteiger partial charge in [-0.15, -0.1) is 5.10 Å². The lowest BCUT2D eigenvalue weighted by Gasteiger charge is -2.26. The highest BCUT2D eigenvalue weighted by Crippen LogP contribution is 2.30. The third kappa shape index (κ3) is 4.45. The maximum Gasteiger partial charge on any atom is 0.230 e. The maximum absolute atomic E-state index is 12.1. The summed E-state index contributed by atoms with van der Waals surface area (Å²) in [4.78, 5) is 16.6. The Balaban J connectivity index is 1.24. The number of H-pyrrole nitrogens is 1. The molecule has 7 nitrogen and oxygen atoms in total. The van der Waals surface area contributed by atoms with Crippen molar-refractivity contribution in [2.24, 2.45) is 0 Å². The van der Waals surface area contributed by atoms with E-state index in [1.807, 2.05) is 55.5 Å². The van der Waals surface area contributed by atoms with Crippen molar-refractivity contribution in [3.63, 3.8) is 0 Å². The largest absolute Gasteiger partial charge is 0.486 e. The van der Waals surface area contributed by atoms with Gasteiger partial charge >= 0.3 is 0 Å². The van der Waals surface area contributed by atoms with Gasteiger partial charge in [0.05, 0.1) is 12.3 Å². The Hall–Kier alpha value is -3.00. The molecule has 1 aromatic heterocycles. The molecule has 2 aromatic carbocycles. The van der Waals surface area contributed by atoms with Crippen LogP contribution in [0, 0.1) is 6.92 Å². The normalized spacial score (nSPS) is 15.2. The van der Waals surface area contributed by atoms with Crippen molar-refractivity contribution < 1.29 is 14.3 Å². The van der Waals surface area contributed by atoms with Gasteiger partial charge < -0.3 is 14.8 Å². The summed E-state index contributed by atoms with van der Waals surface area (Å²) < 4.78 is 11.5. The number of ether oxygens (including phenoxy) is 2. The van der Waals surface area contributed by atoms with E-state index in [0.29, 0.717) is 29.9 Å². The fourth-order valence-corrected chi connectivity index (χ4v) is 3.35. The van der Waals surface area contributed by atoms with Crippen LogP contribution in [0.5, 0.6) is 11.5 Å². The number of rotatable bonds is 6. The Morgan fingerprint density at radius 3 is 2.82 bits per heavy atom. The number of thioether (sulfide) groups is 1. The summed E-state index contributed by atoms with van der Waals surface area (Å²) in [6.07, 6.45) is -0.208. The van der Waals surface area contributed by atoms with Crippen molar-refractivity contribution in [3.05, 3.63) is 54.1 Å². The Morgan fingerprint density at radius 1 is 1.21 bits per heavy atom. The number of carbonyl (C=O) groups is 1. The lowest BCUT2D eigenvalue weighted by Crippen LogP contribution is -2.41. The summed E-state index contributed by atoms with van der Waals surface area (Å²) in [5.41, 5.74) is 2.15. The van der Waals surface area contributed by atoms with Crippen LogP contribution >= 0.6 is 11.8 Å². The van der Waals surface area contributed by atoms with Gasteiger partial charge in [-0.1, -0.05) is 53.7 Å². The number of fused-ring (bicyclic) bond motifs is 1. The van der Waals surface area contributed by atoms with Gasteiger partial charge in [0.1, 0.15) is 12.7 Å². The van der Waals surface area contributed by atoms with Gasteiger partial charge in [-0.25, -0.2) is 4.98 Å².